The first-order valence-electron chi connectivity index (χ1n) is 7.70. The number of carbonyl (C=O) groups is 1. The van der Waals surface area contributed by atoms with Gasteiger partial charge >= 0.3 is 7.12 Å². The van der Waals surface area contributed by atoms with Crippen molar-refractivity contribution < 1.29 is 19.2 Å². The van der Waals surface area contributed by atoms with Gasteiger partial charge in [-0.3, -0.25) is 4.79 Å². The van der Waals surface area contributed by atoms with E-state index in [1.54, 1.807) is 18.2 Å². The summed E-state index contributed by atoms with van der Waals surface area (Å²) in [6, 6.07) is 5.00. The van der Waals surface area contributed by atoms with Crippen LogP contribution >= 0.6 is 23.4 Å². The average molecular weight is 369 g/mol. The molecule has 24 heavy (non-hydrogen) atoms. The highest BCUT2D eigenvalue weighted by atomic mass is 35.5. The van der Waals surface area contributed by atoms with Crippen molar-refractivity contribution in [2.75, 3.05) is 5.75 Å². The Hall–Kier alpha value is -0.945. The summed E-state index contributed by atoms with van der Waals surface area (Å²) in [5.41, 5.74) is 0.681. The van der Waals surface area contributed by atoms with Gasteiger partial charge < -0.3 is 14.4 Å². The number of halogens is 1. The number of benzene rings is 1. The van der Waals surface area contributed by atoms with Crippen molar-refractivity contribution in [1.82, 2.24) is 0 Å². The molecule has 1 saturated heterocycles. The number of aromatic hydroxyl groups is 1. The lowest BCUT2D eigenvalue weighted by Crippen LogP contribution is -2.41. The first-order chi connectivity index (χ1) is 11.0. The van der Waals surface area contributed by atoms with Crippen LogP contribution in [-0.4, -0.2) is 34.3 Å². The molecule has 1 heterocycles. The Morgan fingerprint density at radius 3 is 2.38 bits per heavy atom. The van der Waals surface area contributed by atoms with E-state index in [0.717, 1.165) is 11.0 Å². The molecule has 0 aromatic heterocycles. The van der Waals surface area contributed by atoms with Crippen LogP contribution in [0, 0.1) is 0 Å². The summed E-state index contributed by atoms with van der Waals surface area (Å²) in [7, 11) is -0.542. The molecule has 1 aromatic carbocycles. The first kappa shape index (κ1) is 19.4. The Morgan fingerprint density at radius 2 is 1.88 bits per heavy atom. The summed E-state index contributed by atoms with van der Waals surface area (Å²) in [5.74, 6) is 0.466. The summed E-state index contributed by atoms with van der Waals surface area (Å²) in [4.78, 5) is 11.4. The summed E-state index contributed by atoms with van der Waals surface area (Å²) < 4.78 is 12.2. The zero-order valence-corrected chi connectivity index (χ0v) is 16.1. The molecule has 0 unspecified atom stereocenters. The van der Waals surface area contributed by atoms with Crippen molar-refractivity contribution in [3.63, 3.8) is 0 Å². The minimum Gasteiger partial charge on any atom is -0.506 e. The number of rotatable bonds is 4. The van der Waals surface area contributed by atoms with Gasteiger partial charge in [-0.05, 0) is 50.9 Å². The van der Waals surface area contributed by atoms with Crippen LogP contribution < -0.4 is 0 Å². The Balaban J connectivity index is 2.33. The lowest BCUT2D eigenvalue weighted by molar-refractivity contribution is -0.109. The maximum Gasteiger partial charge on any atom is 0.491 e. The minimum absolute atomic E-state index is 0.0120. The van der Waals surface area contributed by atoms with Crippen molar-refractivity contribution in [1.29, 1.82) is 0 Å². The summed E-state index contributed by atoms with van der Waals surface area (Å²) in [6.45, 7) is 9.46. The molecule has 0 amide bonds. The zero-order chi connectivity index (χ0) is 18.1. The van der Waals surface area contributed by atoms with Crippen LogP contribution in [0.3, 0.4) is 0 Å². The average Bonchev–Trinajstić information content (AvgIpc) is 2.67. The molecule has 0 saturated carbocycles. The molecule has 1 fully saturated rings. The second kappa shape index (κ2) is 7.12. The van der Waals surface area contributed by atoms with E-state index in [9.17, 15) is 9.90 Å². The van der Waals surface area contributed by atoms with E-state index < -0.39 is 18.3 Å². The quantitative estimate of drug-likeness (QED) is 0.801. The number of phenols is 1. The standard InChI is InChI=1S/C17H22BClO4S/c1-11(20)24-10-13(8-12-6-7-14(19)15(21)9-12)18-22-16(2,3)17(4,5)23-18/h6-9,21H,10H2,1-5H3. The summed E-state index contributed by atoms with van der Waals surface area (Å²) in [6.07, 6.45) is 1.87. The van der Waals surface area contributed by atoms with Crippen LogP contribution in [0.15, 0.2) is 23.7 Å². The molecule has 0 spiro atoms. The van der Waals surface area contributed by atoms with E-state index in [0.29, 0.717) is 10.8 Å². The molecule has 7 heteroatoms. The van der Waals surface area contributed by atoms with E-state index in [-0.39, 0.29) is 10.9 Å². The van der Waals surface area contributed by atoms with Crippen LogP contribution in [0.2, 0.25) is 5.02 Å². The molecule has 130 valence electrons. The predicted molar refractivity (Wildman–Crippen MR) is 100 cm³/mol. The van der Waals surface area contributed by atoms with Gasteiger partial charge in [-0.1, -0.05) is 35.5 Å². The molecule has 1 N–H and O–H groups in total. The molecule has 0 atom stereocenters. The molecule has 0 radical (unpaired) electrons. The second-order valence-corrected chi connectivity index (χ2v) is 8.36. The number of hydrogen-bond donors (Lipinski definition) is 1. The van der Waals surface area contributed by atoms with Crippen molar-refractivity contribution in [2.24, 2.45) is 0 Å². The molecule has 2 rings (SSSR count). The summed E-state index contributed by atoms with van der Waals surface area (Å²) in [5, 5.41) is 10.1. The SMILES string of the molecule is CC(=O)SCC(=Cc1ccc(Cl)c(O)c1)B1OC(C)(C)C(C)(C)O1. The van der Waals surface area contributed by atoms with Crippen molar-refractivity contribution in [2.45, 2.75) is 45.8 Å². The first-order valence-corrected chi connectivity index (χ1v) is 9.06. The molecule has 4 nitrogen and oxygen atoms in total. The largest absolute Gasteiger partial charge is 0.506 e. The minimum atomic E-state index is -0.542. The maximum atomic E-state index is 11.4. The van der Waals surface area contributed by atoms with Gasteiger partial charge in [0, 0.05) is 12.7 Å². The molecular formula is C17H22BClO4S. The third-order valence-electron chi connectivity index (χ3n) is 4.32. The zero-order valence-electron chi connectivity index (χ0n) is 14.6. The lowest BCUT2D eigenvalue weighted by Gasteiger charge is -2.32. The van der Waals surface area contributed by atoms with Crippen LogP contribution in [0.25, 0.3) is 6.08 Å². The number of carbonyl (C=O) groups excluding carboxylic acids is 1. The van der Waals surface area contributed by atoms with Gasteiger partial charge in [0.25, 0.3) is 0 Å². The maximum absolute atomic E-state index is 11.4. The van der Waals surface area contributed by atoms with Gasteiger partial charge in [0.15, 0.2) is 5.12 Å². The Kier molecular flexibility index (Phi) is 5.75. The van der Waals surface area contributed by atoms with E-state index in [4.69, 9.17) is 20.9 Å². The van der Waals surface area contributed by atoms with Crippen molar-refractivity contribution >= 4 is 41.7 Å². The highest BCUT2D eigenvalue weighted by Gasteiger charge is 2.52. The lowest BCUT2D eigenvalue weighted by atomic mass is 9.78. The monoisotopic (exact) mass is 368 g/mol. The topological polar surface area (TPSA) is 55.8 Å². The number of hydrogen-bond acceptors (Lipinski definition) is 5. The van der Waals surface area contributed by atoms with E-state index in [1.165, 1.54) is 18.7 Å². The Morgan fingerprint density at radius 1 is 1.29 bits per heavy atom. The molecule has 1 aliphatic heterocycles. The predicted octanol–water partition coefficient (Wildman–Crippen LogP) is 4.34. The number of phenolic OH excluding ortho intramolecular Hbond substituents is 1. The smallest absolute Gasteiger partial charge is 0.491 e. The fourth-order valence-corrected chi connectivity index (χ4v) is 2.90. The van der Waals surface area contributed by atoms with Crippen LogP contribution in [-0.2, 0) is 14.1 Å². The third-order valence-corrected chi connectivity index (χ3v) is 5.52. The molecular weight excluding hydrogens is 347 g/mol. The van der Waals surface area contributed by atoms with Crippen LogP contribution in [0.4, 0.5) is 0 Å². The Labute approximate surface area is 152 Å². The van der Waals surface area contributed by atoms with Gasteiger partial charge in [-0.2, -0.15) is 0 Å². The molecule has 1 aliphatic rings. The normalized spacial score (nSPS) is 19.6. The van der Waals surface area contributed by atoms with E-state index in [2.05, 4.69) is 0 Å². The Bertz CT molecular complexity index is 657. The number of thioether (sulfide) groups is 1. The van der Waals surface area contributed by atoms with E-state index >= 15 is 0 Å². The van der Waals surface area contributed by atoms with Gasteiger partial charge in [-0.15, -0.1) is 0 Å². The molecule has 1 aromatic rings. The van der Waals surface area contributed by atoms with Gasteiger partial charge in [-0.25, -0.2) is 0 Å². The highest BCUT2D eigenvalue weighted by Crippen LogP contribution is 2.39. The van der Waals surface area contributed by atoms with Crippen LogP contribution in [0.1, 0.15) is 40.2 Å². The van der Waals surface area contributed by atoms with Crippen LogP contribution in [0.5, 0.6) is 5.75 Å². The third kappa shape index (κ3) is 4.36. The fraction of sp³-hybridized carbons (Fsp3) is 0.471. The van der Waals surface area contributed by atoms with Gasteiger partial charge in [0.1, 0.15) is 5.75 Å². The summed E-state index contributed by atoms with van der Waals surface area (Å²) >= 11 is 7.05. The fourth-order valence-electron chi connectivity index (χ4n) is 2.19. The molecule has 0 aliphatic carbocycles. The van der Waals surface area contributed by atoms with Gasteiger partial charge in [0.2, 0.25) is 0 Å². The highest BCUT2D eigenvalue weighted by molar-refractivity contribution is 8.13. The molecule has 0 bridgehead atoms. The van der Waals surface area contributed by atoms with Gasteiger partial charge in [0.05, 0.1) is 16.2 Å². The van der Waals surface area contributed by atoms with Crippen molar-refractivity contribution in [3.8, 4) is 5.75 Å². The van der Waals surface area contributed by atoms with Crippen molar-refractivity contribution in [3.05, 3.63) is 34.3 Å². The second-order valence-electron chi connectivity index (χ2n) is 6.80. The van der Waals surface area contributed by atoms with E-state index in [1.807, 2.05) is 33.8 Å².